The lowest BCUT2D eigenvalue weighted by atomic mass is 10.1. The zero-order valence-corrected chi connectivity index (χ0v) is 17.5. The van der Waals surface area contributed by atoms with Gasteiger partial charge in [0, 0.05) is 27.9 Å². The molecule has 7 heteroatoms. The zero-order chi connectivity index (χ0) is 20.9. The van der Waals surface area contributed by atoms with Crippen LogP contribution >= 0.6 is 11.8 Å². The fourth-order valence-electron chi connectivity index (χ4n) is 3.22. The average Bonchev–Trinajstić information content (AvgIpc) is 3.11. The minimum Gasteiger partial charge on any atom is -0.354 e. The number of rotatable bonds is 6. The second kappa shape index (κ2) is 8.92. The van der Waals surface area contributed by atoms with Gasteiger partial charge in [0.15, 0.2) is 5.16 Å². The van der Waals surface area contributed by atoms with Gasteiger partial charge in [-0.25, -0.2) is 15.4 Å². The molecule has 150 valence electrons. The molecule has 0 aliphatic rings. The lowest BCUT2D eigenvalue weighted by Gasteiger charge is -2.03. The molecule has 0 aliphatic heterocycles. The average molecular weight is 416 g/mol. The maximum Gasteiger partial charge on any atom is 0.250 e. The van der Waals surface area contributed by atoms with E-state index in [4.69, 9.17) is 0 Å². The number of carbonyl (C=O) groups excluding carboxylic acids is 1. The number of hydrazone groups is 1. The van der Waals surface area contributed by atoms with Gasteiger partial charge in [-0.05, 0) is 31.5 Å². The summed E-state index contributed by atoms with van der Waals surface area (Å²) in [6.45, 7) is 3.82. The number of fused-ring (bicyclic) bond motifs is 1. The Kier molecular flexibility index (Phi) is 5.90. The molecular weight excluding hydrogens is 394 g/mol. The largest absolute Gasteiger partial charge is 0.354 e. The molecular formula is C23H21N5OS. The van der Waals surface area contributed by atoms with Crippen LogP contribution in [0.5, 0.6) is 0 Å². The number of para-hydroxylation sites is 1. The maximum absolute atomic E-state index is 12.2. The van der Waals surface area contributed by atoms with Crippen molar-refractivity contribution in [3.63, 3.8) is 0 Å². The van der Waals surface area contributed by atoms with E-state index in [0.717, 1.165) is 39.1 Å². The predicted octanol–water partition coefficient (Wildman–Crippen LogP) is 4.48. The molecule has 2 aromatic heterocycles. The van der Waals surface area contributed by atoms with Crippen molar-refractivity contribution in [1.29, 1.82) is 0 Å². The van der Waals surface area contributed by atoms with Gasteiger partial charge >= 0.3 is 0 Å². The molecule has 0 saturated carbocycles. The topological polar surface area (TPSA) is 83.0 Å². The van der Waals surface area contributed by atoms with Crippen molar-refractivity contribution in [2.24, 2.45) is 5.10 Å². The van der Waals surface area contributed by atoms with Crippen LogP contribution in [0.3, 0.4) is 0 Å². The van der Waals surface area contributed by atoms with Crippen LogP contribution in [0.2, 0.25) is 0 Å². The summed E-state index contributed by atoms with van der Waals surface area (Å²) in [4.78, 5) is 24.3. The highest BCUT2D eigenvalue weighted by Crippen LogP contribution is 2.28. The molecule has 0 spiro atoms. The summed E-state index contributed by atoms with van der Waals surface area (Å²) in [6.07, 6.45) is 1.69. The number of carbonyl (C=O) groups is 1. The van der Waals surface area contributed by atoms with Crippen molar-refractivity contribution in [2.45, 2.75) is 19.0 Å². The molecule has 0 aliphatic carbocycles. The Bertz CT molecular complexity index is 1200. The first-order chi connectivity index (χ1) is 14.6. The number of thioether (sulfide) groups is 1. The Hall–Kier alpha value is -3.45. The van der Waals surface area contributed by atoms with Gasteiger partial charge in [-0.2, -0.15) is 5.10 Å². The van der Waals surface area contributed by atoms with Crippen LogP contribution in [0, 0.1) is 13.8 Å². The first kappa shape index (κ1) is 19.8. The van der Waals surface area contributed by atoms with Crippen LogP contribution in [-0.2, 0) is 4.79 Å². The molecule has 1 amide bonds. The number of aromatic nitrogens is 3. The minimum atomic E-state index is -0.208. The quantitative estimate of drug-likeness (QED) is 0.210. The molecule has 4 rings (SSSR count). The van der Waals surface area contributed by atoms with Gasteiger partial charge in [-0.15, -0.1) is 0 Å². The number of nitrogens with zero attached hydrogens (tertiary/aromatic N) is 3. The van der Waals surface area contributed by atoms with Gasteiger partial charge in [0.25, 0.3) is 5.91 Å². The van der Waals surface area contributed by atoms with Crippen LogP contribution in [0.15, 0.2) is 70.9 Å². The second-order valence-electron chi connectivity index (χ2n) is 6.84. The van der Waals surface area contributed by atoms with Crippen molar-refractivity contribution in [2.75, 3.05) is 5.75 Å². The fraction of sp³-hybridized carbons (Fsp3) is 0.130. The van der Waals surface area contributed by atoms with Crippen molar-refractivity contribution in [3.05, 3.63) is 77.6 Å². The van der Waals surface area contributed by atoms with Gasteiger partial charge in [0.1, 0.15) is 0 Å². The summed E-state index contributed by atoms with van der Waals surface area (Å²) in [5.41, 5.74) is 8.35. The van der Waals surface area contributed by atoms with Crippen LogP contribution in [0.1, 0.15) is 17.0 Å². The summed E-state index contributed by atoms with van der Waals surface area (Å²) in [7, 11) is 0. The third kappa shape index (κ3) is 4.58. The SMILES string of the molecule is Cc1cc(C)nc(SCC(=O)N/N=C/c2c(-c3ccccc3)[nH]c3ccccc23)n1. The monoisotopic (exact) mass is 415 g/mol. The molecule has 0 atom stereocenters. The zero-order valence-electron chi connectivity index (χ0n) is 16.7. The van der Waals surface area contributed by atoms with Gasteiger partial charge in [0.05, 0.1) is 17.7 Å². The Labute approximate surface area is 178 Å². The van der Waals surface area contributed by atoms with Crippen LogP contribution < -0.4 is 5.43 Å². The van der Waals surface area contributed by atoms with Crippen LogP contribution in [0.25, 0.3) is 22.2 Å². The summed E-state index contributed by atoms with van der Waals surface area (Å²) in [5, 5.41) is 5.84. The first-order valence-electron chi connectivity index (χ1n) is 9.53. The van der Waals surface area contributed by atoms with Crippen molar-refractivity contribution in [3.8, 4) is 11.3 Å². The van der Waals surface area contributed by atoms with E-state index < -0.39 is 0 Å². The van der Waals surface area contributed by atoms with Gasteiger partial charge < -0.3 is 4.98 Å². The summed E-state index contributed by atoms with van der Waals surface area (Å²) >= 11 is 1.29. The van der Waals surface area contributed by atoms with Gasteiger partial charge in [-0.3, -0.25) is 4.79 Å². The molecule has 2 N–H and O–H groups in total. The number of H-pyrrole nitrogens is 1. The van der Waals surface area contributed by atoms with E-state index >= 15 is 0 Å². The Morgan fingerprint density at radius 2 is 1.77 bits per heavy atom. The Morgan fingerprint density at radius 3 is 2.53 bits per heavy atom. The van der Waals surface area contributed by atoms with Crippen LogP contribution in [-0.4, -0.2) is 32.8 Å². The second-order valence-corrected chi connectivity index (χ2v) is 7.78. The Morgan fingerprint density at radius 1 is 1.07 bits per heavy atom. The lowest BCUT2D eigenvalue weighted by molar-refractivity contribution is -0.118. The standard InChI is InChI=1S/C23H21N5OS/c1-15-12-16(2)26-23(25-15)30-14-21(29)28-24-13-19-18-10-6-7-11-20(18)27-22(19)17-8-4-3-5-9-17/h3-13,27H,14H2,1-2H3,(H,28,29)/b24-13+. The third-order valence-electron chi connectivity index (χ3n) is 4.49. The maximum atomic E-state index is 12.2. The summed E-state index contributed by atoms with van der Waals surface area (Å²) in [6, 6.07) is 20.0. The summed E-state index contributed by atoms with van der Waals surface area (Å²) < 4.78 is 0. The van der Waals surface area contributed by atoms with E-state index in [2.05, 4.69) is 25.5 Å². The van der Waals surface area contributed by atoms with Crippen molar-refractivity contribution < 1.29 is 4.79 Å². The minimum absolute atomic E-state index is 0.194. The van der Waals surface area contributed by atoms with E-state index in [-0.39, 0.29) is 11.7 Å². The fourth-order valence-corrected chi connectivity index (χ4v) is 3.96. The highest BCUT2D eigenvalue weighted by atomic mass is 32.2. The van der Waals surface area contributed by atoms with E-state index in [9.17, 15) is 4.79 Å². The summed E-state index contributed by atoms with van der Waals surface area (Å²) in [5.74, 6) is -0.0141. The van der Waals surface area contributed by atoms with Crippen molar-refractivity contribution in [1.82, 2.24) is 20.4 Å². The molecule has 6 nitrogen and oxygen atoms in total. The third-order valence-corrected chi connectivity index (χ3v) is 5.33. The van der Waals surface area contributed by atoms with E-state index in [1.807, 2.05) is 74.5 Å². The van der Waals surface area contributed by atoms with Gasteiger partial charge in [0.2, 0.25) is 0 Å². The molecule has 2 aromatic carbocycles. The molecule has 0 radical (unpaired) electrons. The normalized spacial score (nSPS) is 11.3. The number of aryl methyl sites for hydroxylation is 2. The first-order valence-corrected chi connectivity index (χ1v) is 10.5. The van der Waals surface area contributed by atoms with E-state index in [1.165, 1.54) is 11.8 Å². The van der Waals surface area contributed by atoms with Gasteiger partial charge in [-0.1, -0.05) is 60.3 Å². The lowest BCUT2D eigenvalue weighted by Crippen LogP contribution is -2.19. The molecule has 0 fully saturated rings. The van der Waals surface area contributed by atoms with Crippen molar-refractivity contribution >= 4 is 34.8 Å². The molecule has 30 heavy (non-hydrogen) atoms. The molecule has 0 saturated heterocycles. The smallest absolute Gasteiger partial charge is 0.250 e. The number of amides is 1. The van der Waals surface area contributed by atoms with E-state index in [0.29, 0.717) is 5.16 Å². The van der Waals surface area contributed by atoms with Crippen LogP contribution in [0.4, 0.5) is 0 Å². The van der Waals surface area contributed by atoms with E-state index in [1.54, 1.807) is 6.21 Å². The highest BCUT2D eigenvalue weighted by molar-refractivity contribution is 7.99. The number of hydrogen-bond donors (Lipinski definition) is 2. The molecule has 4 aromatic rings. The number of hydrogen-bond acceptors (Lipinski definition) is 5. The molecule has 0 unspecified atom stereocenters. The number of nitrogens with one attached hydrogen (secondary N) is 2. The number of benzene rings is 2. The highest BCUT2D eigenvalue weighted by Gasteiger charge is 2.11. The molecule has 0 bridgehead atoms. The number of aromatic amines is 1. The molecule has 2 heterocycles. The Balaban J connectivity index is 1.49. The predicted molar refractivity (Wildman–Crippen MR) is 122 cm³/mol.